The van der Waals surface area contributed by atoms with E-state index in [9.17, 15) is 38.4 Å². The van der Waals surface area contributed by atoms with E-state index in [1.54, 1.807) is 38.1 Å². The number of nitrogens with one attached hydrogen (secondary N) is 8. The summed E-state index contributed by atoms with van der Waals surface area (Å²) in [7, 11) is 0. The van der Waals surface area contributed by atoms with Crippen LogP contribution in [0.3, 0.4) is 0 Å². The van der Waals surface area contributed by atoms with Crippen LogP contribution in [0.2, 0.25) is 0 Å². The van der Waals surface area contributed by atoms with Crippen LogP contribution in [0.1, 0.15) is 156 Å². The van der Waals surface area contributed by atoms with Gasteiger partial charge in [0, 0.05) is 9.26 Å². The monoisotopic (exact) mass is 1050 g/mol. The molecule has 368 valence electrons. The lowest BCUT2D eigenvalue weighted by Crippen LogP contribution is -2.64. The fourth-order valence-electron chi connectivity index (χ4n) is 10.4. The quantitative estimate of drug-likeness (QED) is 0.0775. The van der Waals surface area contributed by atoms with Crippen molar-refractivity contribution in [1.29, 1.82) is 0 Å². The van der Waals surface area contributed by atoms with E-state index in [1.165, 1.54) is 13.8 Å². The molecule has 4 spiro atoms. The molecule has 0 bridgehead atoms. The van der Waals surface area contributed by atoms with Crippen molar-refractivity contribution in [1.82, 2.24) is 21.3 Å². The summed E-state index contributed by atoms with van der Waals surface area (Å²) < 4.78 is 0.902. The second-order valence-corrected chi connectivity index (χ2v) is 22.2. The van der Waals surface area contributed by atoms with Crippen LogP contribution in [0.15, 0.2) is 36.4 Å². The Labute approximate surface area is 412 Å². The second-order valence-electron chi connectivity index (χ2n) is 20.9. The van der Waals surface area contributed by atoms with Crippen LogP contribution in [-0.2, 0) is 38.4 Å². The molecule has 6 aliphatic rings. The molecule has 4 fully saturated rings. The molecule has 68 heavy (non-hydrogen) atoms. The van der Waals surface area contributed by atoms with Crippen molar-refractivity contribution in [2.75, 3.05) is 27.0 Å². The number of nitrogens with two attached hydrogens (primary N) is 1. The number of amides is 8. The zero-order valence-corrected chi connectivity index (χ0v) is 42.0. The molecule has 4 saturated carbocycles. The lowest BCUT2D eigenvalue weighted by molar-refractivity contribution is -0.148. The van der Waals surface area contributed by atoms with Crippen molar-refractivity contribution < 1.29 is 38.4 Å². The smallest absolute Gasteiger partial charge is 0.250 e. The van der Waals surface area contributed by atoms with E-state index < -0.39 is 56.6 Å². The maximum atomic E-state index is 13.6. The van der Waals surface area contributed by atoms with Crippen LogP contribution in [0.4, 0.5) is 28.4 Å². The number of carbonyl (C=O) groups is 8. The maximum Gasteiger partial charge on any atom is 0.250 e. The number of anilines is 5. The molecule has 8 rings (SSSR count). The highest BCUT2D eigenvalue weighted by Gasteiger charge is 2.52. The standard InChI is InChI=1S/C25H33IN4O4.C25H35N5O4/c2*1-23(2)19(31)29-24(11-5-3-6-12-24)21(33)27-17-10-9-16(26)15-18(17)28-22(34)25(30-20(23)32)13-7-4-8-14-25/h9-10,15H,3-8,11-14H2,1-2H3,(H,27,33)(H,28,34)(H,29,31)(H,30,32);9-10,15H,3-8,11-14,26H2,1-2H3,(H,27,33)(H,28,34)(H,29,31)(H,30,32). The summed E-state index contributed by atoms with van der Waals surface area (Å²) in [5.41, 5.74) is 0.757. The molecule has 0 saturated heterocycles. The van der Waals surface area contributed by atoms with Gasteiger partial charge in [0.1, 0.15) is 33.0 Å². The van der Waals surface area contributed by atoms with Gasteiger partial charge in [0.2, 0.25) is 47.3 Å². The first-order chi connectivity index (χ1) is 32.2. The van der Waals surface area contributed by atoms with E-state index in [4.69, 9.17) is 5.73 Å². The maximum absolute atomic E-state index is 13.6. The highest BCUT2D eigenvalue weighted by molar-refractivity contribution is 14.1. The summed E-state index contributed by atoms with van der Waals surface area (Å²) in [6.45, 7) is 6.18. The molecule has 0 unspecified atom stereocenters. The lowest BCUT2D eigenvalue weighted by Gasteiger charge is -2.40. The van der Waals surface area contributed by atoms with Gasteiger partial charge in [0.15, 0.2) is 0 Å². The Kier molecular flexibility index (Phi) is 14.9. The van der Waals surface area contributed by atoms with E-state index >= 15 is 0 Å². The summed E-state index contributed by atoms with van der Waals surface area (Å²) in [5, 5.41) is 23.6. The number of hydrogen-bond donors (Lipinski definition) is 9. The van der Waals surface area contributed by atoms with Gasteiger partial charge in [-0.05, 0) is 138 Å². The molecule has 4 aliphatic carbocycles. The van der Waals surface area contributed by atoms with E-state index in [0.29, 0.717) is 79.8 Å². The molecular formula is C50H68IN9O8. The lowest BCUT2D eigenvalue weighted by atomic mass is 9.78. The van der Waals surface area contributed by atoms with Crippen molar-refractivity contribution in [3.05, 3.63) is 40.0 Å². The van der Waals surface area contributed by atoms with Gasteiger partial charge in [-0.3, -0.25) is 38.4 Å². The summed E-state index contributed by atoms with van der Waals surface area (Å²) in [5.74, 6) is -3.43. The van der Waals surface area contributed by atoms with Crippen molar-refractivity contribution in [3.63, 3.8) is 0 Å². The van der Waals surface area contributed by atoms with Gasteiger partial charge in [-0.25, -0.2) is 0 Å². The minimum absolute atomic E-state index is 0.319. The highest BCUT2D eigenvalue weighted by Crippen LogP contribution is 2.39. The van der Waals surface area contributed by atoms with Gasteiger partial charge in [-0.2, -0.15) is 0 Å². The average Bonchev–Trinajstić information content (AvgIpc) is 3.31. The van der Waals surface area contributed by atoms with Gasteiger partial charge in [-0.1, -0.05) is 77.0 Å². The fourth-order valence-corrected chi connectivity index (χ4v) is 10.9. The van der Waals surface area contributed by atoms with Gasteiger partial charge in [0.05, 0.1) is 22.7 Å². The SMILES string of the molecule is CC1(C)C(=O)NC2(CCCCC2)C(=O)Nc2ccc(I)cc2NC(=O)C2(CCCCC2)NC1=O.CC1(C)C(=O)NC2(CCCCC2)C(=O)Nc2ccc(N)cc2NC(=O)C2(CCCCC2)NC1=O. The summed E-state index contributed by atoms with van der Waals surface area (Å²) in [4.78, 5) is 108. The Hall–Kier alpha value is -5.27. The van der Waals surface area contributed by atoms with E-state index in [2.05, 4.69) is 65.1 Å². The molecule has 2 heterocycles. The van der Waals surface area contributed by atoms with E-state index in [1.807, 2.05) is 12.1 Å². The van der Waals surface area contributed by atoms with Crippen molar-refractivity contribution in [2.45, 2.75) is 178 Å². The molecular weight excluding hydrogens is 982 g/mol. The van der Waals surface area contributed by atoms with Crippen LogP contribution < -0.4 is 48.3 Å². The van der Waals surface area contributed by atoms with E-state index in [0.717, 1.165) is 80.6 Å². The number of fused-ring (bicyclic) bond motifs is 2. The number of halogens is 1. The summed E-state index contributed by atoms with van der Waals surface area (Å²) in [6.07, 6.45) is 14.2. The topological polar surface area (TPSA) is 259 Å². The van der Waals surface area contributed by atoms with Gasteiger partial charge in [-0.15, -0.1) is 0 Å². The molecule has 2 aliphatic heterocycles. The predicted octanol–water partition coefficient (Wildman–Crippen LogP) is 6.67. The third-order valence-corrected chi connectivity index (χ3v) is 15.9. The molecule has 0 radical (unpaired) electrons. The van der Waals surface area contributed by atoms with Crippen LogP contribution in [0.5, 0.6) is 0 Å². The Bertz CT molecular complexity index is 2180. The molecule has 10 N–H and O–H groups in total. The largest absolute Gasteiger partial charge is 0.399 e. The van der Waals surface area contributed by atoms with E-state index in [-0.39, 0.29) is 23.6 Å². The number of rotatable bonds is 0. The number of benzene rings is 2. The highest BCUT2D eigenvalue weighted by atomic mass is 127. The number of carbonyl (C=O) groups excluding carboxylic acids is 8. The zero-order chi connectivity index (χ0) is 49.1. The molecule has 18 heteroatoms. The first kappa shape index (κ1) is 50.6. The van der Waals surface area contributed by atoms with Crippen molar-refractivity contribution in [2.24, 2.45) is 10.8 Å². The third kappa shape index (κ3) is 10.3. The predicted molar refractivity (Wildman–Crippen MR) is 268 cm³/mol. The van der Waals surface area contributed by atoms with Crippen molar-refractivity contribution >= 4 is 98.3 Å². The van der Waals surface area contributed by atoms with Crippen molar-refractivity contribution in [3.8, 4) is 0 Å². The number of hydrogen-bond acceptors (Lipinski definition) is 9. The van der Waals surface area contributed by atoms with Gasteiger partial charge in [0.25, 0.3) is 0 Å². The molecule has 2 aromatic carbocycles. The molecule has 17 nitrogen and oxygen atoms in total. The van der Waals surface area contributed by atoms with Crippen LogP contribution >= 0.6 is 22.6 Å². The first-order valence-electron chi connectivity index (χ1n) is 24.4. The normalized spacial score (nSPS) is 24.4. The van der Waals surface area contributed by atoms with Gasteiger partial charge < -0.3 is 48.3 Å². The Morgan fingerprint density at radius 1 is 0.368 bits per heavy atom. The minimum Gasteiger partial charge on any atom is -0.399 e. The second kappa shape index (κ2) is 20.0. The summed E-state index contributed by atoms with van der Waals surface area (Å²) in [6, 6.07) is 10.3. The first-order valence-corrected chi connectivity index (χ1v) is 25.5. The molecule has 0 atom stereocenters. The number of nitrogen functional groups attached to an aromatic ring is 1. The Morgan fingerprint density at radius 2 is 0.632 bits per heavy atom. The van der Waals surface area contributed by atoms with Crippen LogP contribution in [0.25, 0.3) is 0 Å². The average molecular weight is 1050 g/mol. The fraction of sp³-hybridized carbons (Fsp3) is 0.600. The molecule has 8 amide bonds. The van der Waals surface area contributed by atoms with Crippen LogP contribution in [0, 0.1) is 14.4 Å². The Balaban J connectivity index is 0.000000201. The molecule has 2 aromatic rings. The third-order valence-electron chi connectivity index (χ3n) is 15.3. The molecule has 0 aromatic heterocycles. The minimum atomic E-state index is -1.47. The summed E-state index contributed by atoms with van der Waals surface area (Å²) >= 11 is 2.16. The van der Waals surface area contributed by atoms with Gasteiger partial charge >= 0.3 is 0 Å². The van der Waals surface area contributed by atoms with Crippen LogP contribution in [-0.4, -0.2) is 69.4 Å². The Morgan fingerprint density at radius 3 is 0.941 bits per heavy atom. The zero-order valence-electron chi connectivity index (χ0n) is 39.8.